The second-order valence-corrected chi connectivity index (χ2v) is 6.36. The molecule has 2 aromatic carbocycles. The fourth-order valence-electron chi connectivity index (χ4n) is 1.78. The van der Waals surface area contributed by atoms with Crippen molar-refractivity contribution in [1.29, 1.82) is 0 Å². The van der Waals surface area contributed by atoms with Crippen molar-refractivity contribution >= 4 is 43.5 Å². The van der Waals surface area contributed by atoms with Gasteiger partial charge in [-0.2, -0.15) is 0 Å². The summed E-state index contributed by atoms with van der Waals surface area (Å²) in [5.41, 5.74) is 1.04. The Morgan fingerprint density at radius 2 is 1.74 bits per heavy atom. The summed E-state index contributed by atoms with van der Waals surface area (Å²) in [6, 6.07) is 10.0. The minimum absolute atomic E-state index is 0.266. The van der Waals surface area contributed by atoms with Crippen LogP contribution in [-0.4, -0.2) is 5.11 Å². The number of hydrogen-bond acceptors (Lipinski definition) is 1. The Kier molecular flexibility index (Phi) is 5.01. The highest BCUT2D eigenvalue weighted by atomic mass is 79.9. The van der Waals surface area contributed by atoms with Crippen LogP contribution in [0.1, 0.15) is 17.2 Å². The molecule has 1 nitrogen and oxygen atoms in total. The molecular formula is C14H10Br2ClFO. The van der Waals surface area contributed by atoms with Gasteiger partial charge >= 0.3 is 0 Å². The molecule has 0 fully saturated rings. The maximum Gasteiger partial charge on any atom is 0.130 e. The molecule has 0 aliphatic carbocycles. The van der Waals surface area contributed by atoms with Gasteiger partial charge in [-0.1, -0.05) is 55.6 Å². The Balaban J connectivity index is 2.23. The highest BCUT2D eigenvalue weighted by Crippen LogP contribution is 2.28. The fourth-order valence-corrected chi connectivity index (χ4v) is 2.86. The molecule has 0 saturated carbocycles. The van der Waals surface area contributed by atoms with E-state index in [0.29, 0.717) is 9.50 Å². The van der Waals surface area contributed by atoms with Gasteiger partial charge in [0, 0.05) is 26.0 Å². The Hall–Kier alpha value is -0.420. The number of rotatable bonds is 3. The molecule has 19 heavy (non-hydrogen) atoms. The summed E-state index contributed by atoms with van der Waals surface area (Å²) in [4.78, 5) is 0. The molecule has 0 amide bonds. The van der Waals surface area contributed by atoms with Crippen molar-refractivity contribution in [1.82, 2.24) is 0 Å². The van der Waals surface area contributed by atoms with Gasteiger partial charge < -0.3 is 5.11 Å². The predicted molar refractivity (Wildman–Crippen MR) is 81.9 cm³/mol. The maximum atomic E-state index is 13.7. The van der Waals surface area contributed by atoms with Crippen molar-refractivity contribution in [3.05, 3.63) is 67.3 Å². The van der Waals surface area contributed by atoms with Crippen LogP contribution >= 0.6 is 43.5 Å². The van der Waals surface area contributed by atoms with Crippen LogP contribution in [0, 0.1) is 5.82 Å². The fraction of sp³-hybridized carbons (Fsp3) is 0.143. The van der Waals surface area contributed by atoms with Gasteiger partial charge in [0.05, 0.1) is 6.10 Å². The summed E-state index contributed by atoms with van der Waals surface area (Å²) < 4.78 is 15.2. The first kappa shape index (κ1) is 15.0. The molecule has 0 radical (unpaired) electrons. The summed E-state index contributed by atoms with van der Waals surface area (Å²) in [5, 5.41) is 10.7. The van der Waals surface area contributed by atoms with E-state index in [1.165, 1.54) is 6.07 Å². The van der Waals surface area contributed by atoms with Gasteiger partial charge in [0.25, 0.3) is 0 Å². The van der Waals surface area contributed by atoms with E-state index in [9.17, 15) is 9.50 Å². The summed E-state index contributed by atoms with van der Waals surface area (Å²) >= 11 is 12.6. The van der Waals surface area contributed by atoms with Crippen LogP contribution in [0.4, 0.5) is 4.39 Å². The molecule has 1 atom stereocenters. The van der Waals surface area contributed by atoms with Crippen LogP contribution in [0.3, 0.4) is 0 Å². The van der Waals surface area contributed by atoms with Gasteiger partial charge in [0.1, 0.15) is 5.82 Å². The zero-order chi connectivity index (χ0) is 14.0. The molecule has 0 heterocycles. The topological polar surface area (TPSA) is 20.2 Å². The van der Waals surface area contributed by atoms with E-state index in [-0.39, 0.29) is 12.0 Å². The molecule has 2 aromatic rings. The van der Waals surface area contributed by atoms with Crippen LogP contribution in [-0.2, 0) is 6.42 Å². The van der Waals surface area contributed by atoms with Crippen molar-refractivity contribution in [2.45, 2.75) is 12.5 Å². The number of hydrogen-bond donors (Lipinski definition) is 1. The zero-order valence-corrected chi connectivity index (χ0v) is 13.6. The molecule has 100 valence electrons. The van der Waals surface area contributed by atoms with Crippen molar-refractivity contribution in [2.24, 2.45) is 0 Å². The second kappa shape index (κ2) is 6.35. The van der Waals surface area contributed by atoms with Gasteiger partial charge in [-0.25, -0.2) is 4.39 Å². The second-order valence-electron chi connectivity index (χ2n) is 4.12. The maximum absolute atomic E-state index is 13.7. The summed E-state index contributed by atoms with van der Waals surface area (Å²) in [7, 11) is 0. The minimum atomic E-state index is -0.924. The van der Waals surface area contributed by atoms with E-state index in [1.807, 2.05) is 12.1 Å². The smallest absolute Gasteiger partial charge is 0.130 e. The number of aliphatic hydroxyl groups is 1. The molecule has 1 N–H and O–H groups in total. The molecule has 0 aliphatic rings. The average molecular weight is 408 g/mol. The summed E-state index contributed by atoms with van der Waals surface area (Å²) in [6.45, 7) is 0. The van der Waals surface area contributed by atoms with Gasteiger partial charge in [-0.05, 0) is 29.8 Å². The third-order valence-electron chi connectivity index (χ3n) is 2.75. The van der Waals surface area contributed by atoms with Gasteiger partial charge in [-0.15, -0.1) is 0 Å². The van der Waals surface area contributed by atoms with Crippen LogP contribution in [0.2, 0.25) is 5.02 Å². The third-order valence-corrected chi connectivity index (χ3v) is 4.09. The molecule has 0 spiro atoms. The standard InChI is InChI=1S/C14H10Br2ClFO/c15-9-2-1-8(12(17)6-9)5-14(19)11-4-3-10(16)7-13(11)18/h1-4,6-7,14,19H,5H2. The largest absolute Gasteiger partial charge is 0.388 e. The SMILES string of the molecule is OC(Cc1ccc(Br)cc1Cl)c1ccc(Br)cc1F. The predicted octanol–water partition coefficient (Wildman–Crippen LogP) is 5.28. The Labute approximate surface area is 132 Å². The molecular weight excluding hydrogens is 398 g/mol. The van der Waals surface area contributed by atoms with Crippen molar-refractivity contribution in [3.63, 3.8) is 0 Å². The molecule has 5 heteroatoms. The van der Waals surface area contributed by atoms with Crippen LogP contribution in [0.15, 0.2) is 45.3 Å². The van der Waals surface area contributed by atoms with E-state index in [0.717, 1.165) is 10.0 Å². The molecule has 0 bridgehead atoms. The van der Waals surface area contributed by atoms with Crippen molar-refractivity contribution < 1.29 is 9.50 Å². The Morgan fingerprint density at radius 3 is 2.37 bits per heavy atom. The molecule has 0 aromatic heterocycles. The molecule has 0 aliphatic heterocycles. The van der Waals surface area contributed by atoms with Gasteiger partial charge in [0.2, 0.25) is 0 Å². The first-order valence-corrected chi connectivity index (χ1v) is 7.50. The van der Waals surface area contributed by atoms with E-state index in [2.05, 4.69) is 31.9 Å². The van der Waals surface area contributed by atoms with Gasteiger partial charge in [-0.3, -0.25) is 0 Å². The van der Waals surface area contributed by atoms with E-state index < -0.39 is 11.9 Å². The van der Waals surface area contributed by atoms with Crippen LogP contribution in [0.5, 0.6) is 0 Å². The summed E-state index contributed by atoms with van der Waals surface area (Å²) in [5.74, 6) is -0.435. The molecule has 1 unspecified atom stereocenters. The number of aliphatic hydroxyl groups excluding tert-OH is 1. The highest BCUT2D eigenvalue weighted by Gasteiger charge is 2.15. The lowest BCUT2D eigenvalue weighted by Gasteiger charge is -2.13. The van der Waals surface area contributed by atoms with Crippen LogP contribution < -0.4 is 0 Å². The highest BCUT2D eigenvalue weighted by molar-refractivity contribution is 9.10. The number of benzene rings is 2. The Morgan fingerprint density at radius 1 is 1.11 bits per heavy atom. The lowest BCUT2D eigenvalue weighted by Crippen LogP contribution is -2.04. The van der Waals surface area contributed by atoms with Crippen molar-refractivity contribution in [2.75, 3.05) is 0 Å². The Bertz CT molecular complexity index is 604. The third kappa shape index (κ3) is 3.78. The quantitative estimate of drug-likeness (QED) is 0.733. The first-order chi connectivity index (χ1) is 8.97. The first-order valence-electron chi connectivity index (χ1n) is 5.54. The van der Waals surface area contributed by atoms with Crippen LogP contribution in [0.25, 0.3) is 0 Å². The van der Waals surface area contributed by atoms with E-state index in [4.69, 9.17) is 11.6 Å². The van der Waals surface area contributed by atoms with Gasteiger partial charge in [0.15, 0.2) is 0 Å². The monoisotopic (exact) mass is 406 g/mol. The summed E-state index contributed by atoms with van der Waals surface area (Å²) in [6.07, 6.45) is -0.656. The number of halogens is 4. The lowest BCUT2D eigenvalue weighted by molar-refractivity contribution is 0.173. The molecule has 2 rings (SSSR count). The van der Waals surface area contributed by atoms with E-state index in [1.54, 1.807) is 18.2 Å². The minimum Gasteiger partial charge on any atom is -0.388 e. The lowest BCUT2D eigenvalue weighted by atomic mass is 10.0. The van der Waals surface area contributed by atoms with E-state index >= 15 is 0 Å². The average Bonchev–Trinajstić information content (AvgIpc) is 2.32. The van der Waals surface area contributed by atoms with Crippen molar-refractivity contribution in [3.8, 4) is 0 Å². The normalized spacial score (nSPS) is 12.5. The molecule has 0 saturated heterocycles. The zero-order valence-electron chi connectivity index (χ0n) is 9.71.